The van der Waals surface area contributed by atoms with Crippen LogP contribution in [0.5, 0.6) is 0 Å². The Hall–Kier alpha value is -0.480. The van der Waals surface area contributed by atoms with E-state index in [1.165, 1.54) is 38.9 Å². The van der Waals surface area contributed by atoms with Crippen molar-refractivity contribution in [3.63, 3.8) is 0 Å². The summed E-state index contributed by atoms with van der Waals surface area (Å²) in [5.41, 5.74) is 0. The number of likely N-dealkylation sites (tertiary alicyclic amines) is 1. The number of hydrogen-bond acceptors (Lipinski definition) is 1. The standard InChI is InChI=1S/C15H27N.C2H6/c1-4-5-6-7-8-11-16-12-9-15(10-13-16)14(2)3;1-2/h14-15H,4-5,8-13H2,1-3H3;1-2H3. The molecule has 0 aliphatic carbocycles. The third kappa shape index (κ3) is 7.77. The van der Waals surface area contributed by atoms with E-state index in [1.807, 2.05) is 13.8 Å². The van der Waals surface area contributed by atoms with Crippen LogP contribution < -0.4 is 0 Å². The van der Waals surface area contributed by atoms with E-state index in [4.69, 9.17) is 0 Å². The molecular weight excluding hydrogens is 218 g/mol. The van der Waals surface area contributed by atoms with Crippen molar-refractivity contribution in [2.45, 2.75) is 66.7 Å². The van der Waals surface area contributed by atoms with Crippen LogP contribution in [0.3, 0.4) is 0 Å². The van der Waals surface area contributed by atoms with Gasteiger partial charge >= 0.3 is 0 Å². The van der Waals surface area contributed by atoms with Crippen molar-refractivity contribution in [3.05, 3.63) is 0 Å². The van der Waals surface area contributed by atoms with Crippen LogP contribution in [0.15, 0.2) is 0 Å². The molecule has 0 bridgehead atoms. The Labute approximate surface area is 115 Å². The largest absolute Gasteiger partial charge is 0.302 e. The minimum atomic E-state index is 0.867. The average molecular weight is 251 g/mol. The second-order valence-corrected chi connectivity index (χ2v) is 5.28. The summed E-state index contributed by atoms with van der Waals surface area (Å²) in [6, 6.07) is 0. The smallest absolute Gasteiger partial charge is 0.0217 e. The van der Waals surface area contributed by atoms with E-state index >= 15 is 0 Å². The molecule has 0 N–H and O–H groups in total. The van der Waals surface area contributed by atoms with Gasteiger partial charge in [-0.05, 0) is 44.2 Å². The molecule has 1 rings (SSSR count). The Morgan fingerprint density at radius 3 is 2.11 bits per heavy atom. The Kier molecular flexibility index (Phi) is 11.3. The molecule has 1 heterocycles. The van der Waals surface area contributed by atoms with Crippen LogP contribution in [-0.2, 0) is 0 Å². The lowest BCUT2D eigenvalue weighted by Gasteiger charge is -2.33. The first kappa shape index (κ1) is 17.5. The molecule has 0 atom stereocenters. The summed E-state index contributed by atoms with van der Waals surface area (Å²) >= 11 is 0. The zero-order valence-corrected chi connectivity index (χ0v) is 13.3. The Balaban J connectivity index is 0.00000137. The van der Waals surface area contributed by atoms with Crippen LogP contribution in [0.1, 0.15) is 66.7 Å². The fraction of sp³-hybridized carbons (Fsp3) is 0.882. The monoisotopic (exact) mass is 251 g/mol. The molecule has 0 aromatic heterocycles. The average Bonchev–Trinajstić information content (AvgIpc) is 2.41. The Morgan fingerprint density at radius 2 is 1.61 bits per heavy atom. The summed E-state index contributed by atoms with van der Waals surface area (Å²) in [5, 5.41) is 0. The molecule has 0 saturated carbocycles. The number of unbranched alkanes of at least 4 members (excludes halogenated alkanes) is 1. The van der Waals surface area contributed by atoms with E-state index in [2.05, 4.69) is 37.5 Å². The Morgan fingerprint density at radius 1 is 1.06 bits per heavy atom. The van der Waals surface area contributed by atoms with Gasteiger partial charge in [-0.3, -0.25) is 0 Å². The third-order valence-corrected chi connectivity index (χ3v) is 3.63. The van der Waals surface area contributed by atoms with Crippen molar-refractivity contribution in [1.82, 2.24) is 4.90 Å². The first-order valence-corrected chi connectivity index (χ1v) is 7.92. The maximum Gasteiger partial charge on any atom is 0.0217 e. The molecule has 0 spiro atoms. The van der Waals surface area contributed by atoms with Crippen LogP contribution in [0.4, 0.5) is 0 Å². The van der Waals surface area contributed by atoms with Gasteiger partial charge < -0.3 is 4.90 Å². The first-order chi connectivity index (χ1) is 8.74. The zero-order chi connectivity index (χ0) is 13.8. The topological polar surface area (TPSA) is 3.24 Å². The maximum absolute atomic E-state index is 3.28. The molecule has 1 saturated heterocycles. The van der Waals surface area contributed by atoms with Gasteiger partial charge in [0, 0.05) is 19.4 Å². The van der Waals surface area contributed by atoms with Crippen molar-refractivity contribution in [1.29, 1.82) is 0 Å². The number of nitrogens with zero attached hydrogens (tertiary/aromatic N) is 1. The maximum atomic E-state index is 3.28. The fourth-order valence-corrected chi connectivity index (χ4v) is 2.36. The van der Waals surface area contributed by atoms with Crippen molar-refractivity contribution in [2.75, 3.05) is 19.6 Å². The highest BCUT2D eigenvalue weighted by atomic mass is 15.1. The summed E-state index contributed by atoms with van der Waals surface area (Å²) in [4.78, 5) is 2.58. The highest BCUT2D eigenvalue weighted by molar-refractivity contribution is 4.99. The Bertz CT molecular complexity index is 226. The van der Waals surface area contributed by atoms with Gasteiger partial charge in [-0.1, -0.05) is 34.6 Å². The molecule has 1 aliphatic heterocycles. The van der Waals surface area contributed by atoms with Crippen LogP contribution in [0, 0.1) is 23.7 Å². The van der Waals surface area contributed by atoms with Crippen LogP contribution >= 0.6 is 0 Å². The molecule has 1 fully saturated rings. The zero-order valence-electron chi connectivity index (χ0n) is 13.3. The SMILES string of the molecule is CC.CCCC#CCCN1CCC(C(C)C)CC1. The van der Waals surface area contributed by atoms with E-state index in [0.29, 0.717) is 0 Å². The number of hydrogen-bond donors (Lipinski definition) is 0. The van der Waals surface area contributed by atoms with E-state index < -0.39 is 0 Å². The van der Waals surface area contributed by atoms with Gasteiger partial charge in [0.05, 0.1) is 0 Å². The van der Waals surface area contributed by atoms with Gasteiger partial charge in [0.2, 0.25) is 0 Å². The minimum Gasteiger partial charge on any atom is -0.302 e. The van der Waals surface area contributed by atoms with Crippen LogP contribution in [0.2, 0.25) is 0 Å². The van der Waals surface area contributed by atoms with Crippen molar-refractivity contribution >= 4 is 0 Å². The highest BCUT2D eigenvalue weighted by Gasteiger charge is 2.20. The lowest BCUT2D eigenvalue weighted by Crippen LogP contribution is -2.35. The molecule has 0 unspecified atom stereocenters. The van der Waals surface area contributed by atoms with Gasteiger partial charge in [-0.15, -0.1) is 11.8 Å². The molecule has 0 aromatic rings. The summed E-state index contributed by atoms with van der Waals surface area (Å²) in [7, 11) is 0. The third-order valence-electron chi connectivity index (χ3n) is 3.63. The second-order valence-electron chi connectivity index (χ2n) is 5.28. The molecule has 1 aliphatic rings. The highest BCUT2D eigenvalue weighted by Crippen LogP contribution is 2.24. The summed E-state index contributed by atoms with van der Waals surface area (Å²) in [6.45, 7) is 14.7. The van der Waals surface area contributed by atoms with Crippen LogP contribution in [-0.4, -0.2) is 24.5 Å². The summed E-state index contributed by atoms with van der Waals surface area (Å²) in [5.74, 6) is 8.33. The lowest BCUT2D eigenvalue weighted by molar-refractivity contribution is 0.161. The molecule has 0 radical (unpaired) electrons. The van der Waals surface area contributed by atoms with Crippen molar-refractivity contribution < 1.29 is 0 Å². The predicted molar refractivity (Wildman–Crippen MR) is 82.7 cm³/mol. The van der Waals surface area contributed by atoms with Gasteiger partial charge in [-0.2, -0.15) is 0 Å². The van der Waals surface area contributed by atoms with Gasteiger partial charge in [-0.25, -0.2) is 0 Å². The lowest BCUT2D eigenvalue weighted by atomic mass is 9.87. The molecule has 0 amide bonds. The number of rotatable bonds is 4. The van der Waals surface area contributed by atoms with Crippen molar-refractivity contribution in [3.8, 4) is 11.8 Å². The molecular formula is C17H33N. The van der Waals surface area contributed by atoms with Crippen LogP contribution in [0.25, 0.3) is 0 Å². The molecule has 1 nitrogen and oxygen atoms in total. The van der Waals surface area contributed by atoms with Gasteiger partial charge in [0.15, 0.2) is 0 Å². The summed E-state index contributed by atoms with van der Waals surface area (Å²) < 4.78 is 0. The van der Waals surface area contributed by atoms with Crippen molar-refractivity contribution in [2.24, 2.45) is 11.8 Å². The normalized spacial score (nSPS) is 16.8. The van der Waals surface area contributed by atoms with E-state index in [1.54, 1.807) is 0 Å². The first-order valence-electron chi connectivity index (χ1n) is 7.92. The minimum absolute atomic E-state index is 0.867. The van der Waals surface area contributed by atoms with Gasteiger partial charge in [0.1, 0.15) is 0 Å². The second kappa shape index (κ2) is 11.6. The van der Waals surface area contributed by atoms with Gasteiger partial charge in [0.25, 0.3) is 0 Å². The molecule has 1 heteroatoms. The van der Waals surface area contributed by atoms with E-state index in [-0.39, 0.29) is 0 Å². The quantitative estimate of drug-likeness (QED) is 0.661. The fourth-order valence-electron chi connectivity index (χ4n) is 2.36. The molecule has 106 valence electrons. The number of piperidine rings is 1. The summed E-state index contributed by atoms with van der Waals surface area (Å²) in [6.07, 6.45) is 6.09. The molecule has 18 heavy (non-hydrogen) atoms. The predicted octanol–water partition coefficient (Wildman–Crippen LogP) is 4.57. The van der Waals surface area contributed by atoms with E-state index in [9.17, 15) is 0 Å². The van der Waals surface area contributed by atoms with E-state index in [0.717, 1.165) is 24.7 Å². The molecule has 0 aromatic carbocycles.